The van der Waals surface area contributed by atoms with Crippen LogP contribution in [0.15, 0.2) is 41.0 Å². The van der Waals surface area contributed by atoms with Gasteiger partial charge >= 0.3 is 0 Å². The number of aliphatic hydroxyl groups is 1. The highest BCUT2D eigenvalue weighted by Gasteiger charge is 2.29. The first-order chi connectivity index (χ1) is 15.4. The molecule has 0 unspecified atom stereocenters. The summed E-state index contributed by atoms with van der Waals surface area (Å²) in [4.78, 5) is 8.87. The van der Waals surface area contributed by atoms with E-state index in [1.807, 2.05) is 19.1 Å². The van der Waals surface area contributed by atoms with Crippen molar-refractivity contribution < 1.29 is 19.0 Å². The van der Waals surface area contributed by atoms with E-state index in [2.05, 4.69) is 21.2 Å². The summed E-state index contributed by atoms with van der Waals surface area (Å²) in [6, 6.07) is 8.21. The minimum absolute atomic E-state index is 0.197. The van der Waals surface area contributed by atoms with Gasteiger partial charge < -0.3 is 19.9 Å². The van der Waals surface area contributed by atoms with Crippen molar-refractivity contribution in [3.05, 3.63) is 48.0 Å². The quantitative estimate of drug-likeness (QED) is 0.569. The van der Waals surface area contributed by atoms with E-state index in [-0.39, 0.29) is 19.0 Å². The molecule has 2 atom stereocenters. The number of rotatable bonds is 5. The molecule has 3 aromatic rings. The van der Waals surface area contributed by atoms with E-state index in [1.165, 1.54) is 24.9 Å². The van der Waals surface area contributed by atoms with Crippen molar-refractivity contribution in [2.24, 2.45) is 4.36 Å². The summed E-state index contributed by atoms with van der Waals surface area (Å²) in [5.41, 5.74) is 3.18. The largest absolute Gasteiger partial charge is 0.483 e. The lowest BCUT2D eigenvalue weighted by atomic mass is 10.1. The number of aliphatic hydroxyl groups excluding tert-OH is 1. The third-order valence-corrected chi connectivity index (χ3v) is 8.44. The lowest BCUT2D eigenvalue weighted by Crippen LogP contribution is -2.30. The maximum Gasteiger partial charge on any atom is 0.150 e. The van der Waals surface area contributed by atoms with Gasteiger partial charge in [-0.25, -0.2) is 18.7 Å². The second-order valence-electron chi connectivity index (χ2n) is 8.26. The van der Waals surface area contributed by atoms with Gasteiger partial charge in [0.25, 0.3) is 0 Å². The first-order valence-corrected chi connectivity index (χ1v) is 12.6. The van der Waals surface area contributed by atoms with Crippen LogP contribution >= 0.6 is 0 Å². The lowest BCUT2D eigenvalue weighted by molar-refractivity contribution is 0.0736. The number of anilines is 2. The molecular weight excluding hydrogens is 431 g/mol. The second-order valence-corrected chi connectivity index (χ2v) is 11.3. The number of aryl methyl sites for hydroxylation is 1. The fourth-order valence-corrected chi connectivity index (χ4v) is 5.63. The third-order valence-electron chi connectivity index (χ3n) is 5.74. The Balaban J connectivity index is 1.51. The first-order valence-electron chi connectivity index (χ1n) is 10.5. The number of aromatic nitrogens is 2. The number of nitrogens with zero attached hydrogens (tertiary/aromatic N) is 3. The smallest absolute Gasteiger partial charge is 0.150 e. The summed E-state index contributed by atoms with van der Waals surface area (Å²) >= 11 is 0. The van der Waals surface area contributed by atoms with Crippen LogP contribution in [-0.2, 0) is 14.2 Å². The number of hydrogen-bond acceptors (Lipinski definition) is 7. The molecule has 0 spiro atoms. The van der Waals surface area contributed by atoms with Gasteiger partial charge in [0.05, 0.1) is 30.1 Å². The molecule has 2 aromatic carbocycles. The first kappa shape index (κ1) is 21.1. The molecule has 1 aromatic heterocycles. The molecule has 7 nitrogen and oxygen atoms in total. The molecule has 0 amide bonds. The zero-order valence-corrected chi connectivity index (χ0v) is 18.6. The van der Waals surface area contributed by atoms with Crippen molar-refractivity contribution in [2.75, 3.05) is 30.0 Å². The number of nitrogens with one attached hydrogen (secondary N) is 1. The lowest BCUT2D eigenvalue weighted by Gasteiger charge is -2.24. The number of fused-ring (bicyclic) bond motifs is 1. The Hall–Kier alpha value is -2.75. The summed E-state index contributed by atoms with van der Waals surface area (Å²) in [7, 11) is -1.13. The molecule has 32 heavy (non-hydrogen) atoms. The summed E-state index contributed by atoms with van der Waals surface area (Å²) in [5.74, 6) is 6.90. The number of halogens is 1. The fourth-order valence-electron chi connectivity index (χ4n) is 3.94. The molecule has 2 aliphatic rings. The molecule has 0 bridgehead atoms. The van der Waals surface area contributed by atoms with E-state index >= 15 is 0 Å². The maximum absolute atomic E-state index is 13.9. The maximum atomic E-state index is 13.9. The monoisotopic (exact) mass is 456 g/mol. The van der Waals surface area contributed by atoms with Crippen molar-refractivity contribution in [1.82, 2.24) is 9.97 Å². The van der Waals surface area contributed by atoms with Gasteiger partial charge in [0.2, 0.25) is 0 Å². The van der Waals surface area contributed by atoms with Gasteiger partial charge in [-0.15, -0.1) is 9.41 Å². The molecule has 0 saturated carbocycles. The van der Waals surface area contributed by atoms with Crippen LogP contribution in [0.2, 0.25) is 0 Å². The minimum Gasteiger partial charge on any atom is -0.483 e. The molecule has 9 heteroatoms. The highest BCUT2D eigenvalue weighted by atomic mass is 32.2. The predicted octanol–water partition coefficient (Wildman–Crippen LogP) is 3.76. The van der Waals surface area contributed by atoms with Crippen molar-refractivity contribution in [2.45, 2.75) is 25.6 Å². The van der Waals surface area contributed by atoms with Crippen molar-refractivity contribution in [3.8, 4) is 5.75 Å². The third kappa shape index (κ3) is 4.15. The average Bonchev–Trinajstić information content (AvgIpc) is 3.13. The molecule has 2 aliphatic heterocycles. The Morgan fingerprint density at radius 1 is 1.25 bits per heavy atom. The minimum atomic E-state index is -1.13. The Labute approximate surface area is 186 Å². The molecule has 0 aliphatic carbocycles. The molecule has 168 valence electrons. The predicted molar refractivity (Wildman–Crippen MR) is 126 cm³/mol. The zero-order chi connectivity index (χ0) is 22.3. The molecule has 5 rings (SSSR count). The Morgan fingerprint density at radius 2 is 2.09 bits per heavy atom. The van der Waals surface area contributed by atoms with Crippen LogP contribution in [0, 0.1) is 12.7 Å². The van der Waals surface area contributed by atoms with E-state index in [4.69, 9.17) is 13.8 Å². The number of ether oxygens (including phenoxy) is 2. The van der Waals surface area contributed by atoms with Crippen molar-refractivity contribution in [3.63, 3.8) is 0 Å². The van der Waals surface area contributed by atoms with Gasteiger partial charge in [-0.2, -0.15) is 0 Å². The molecule has 2 fully saturated rings. The van der Waals surface area contributed by atoms with Crippen LogP contribution in [0.4, 0.5) is 21.6 Å². The summed E-state index contributed by atoms with van der Waals surface area (Å²) in [6.45, 7) is 2.44. The summed E-state index contributed by atoms with van der Waals surface area (Å²) < 4.78 is 30.0. The Morgan fingerprint density at radius 3 is 2.81 bits per heavy atom. The van der Waals surface area contributed by atoms with Gasteiger partial charge in [0.15, 0.2) is 6.10 Å². The van der Waals surface area contributed by atoms with E-state index < -0.39 is 27.4 Å². The Kier molecular flexibility index (Phi) is 5.48. The summed E-state index contributed by atoms with van der Waals surface area (Å²) in [5, 5.41) is 14.1. The van der Waals surface area contributed by atoms with E-state index in [0.29, 0.717) is 11.5 Å². The van der Waals surface area contributed by atoms with Gasteiger partial charge in [0, 0.05) is 11.5 Å². The molecule has 2 N–H and O–H groups in total. The van der Waals surface area contributed by atoms with Gasteiger partial charge in [-0.3, -0.25) is 0 Å². The zero-order valence-electron chi connectivity index (χ0n) is 17.8. The number of benzene rings is 2. The van der Waals surface area contributed by atoms with Crippen molar-refractivity contribution in [1.29, 1.82) is 0 Å². The van der Waals surface area contributed by atoms with Crippen LogP contribution < -0.4 is 10.1 Å². The molecule has 0 radical (unpaired) electrons. The van der Waals surface area contributed by atoms with Crippen LogP contribution in [0.5, 0.6) is 5.75 Å². The summed E-state index contributed by atoms with van der Waals surface area (Å²) in [6.07, 6.45) is 1.36. The van der Waals surface area contributed by atoms with Crippen LogP contribution in [0.1, 0.15) is 12.0 Å². The SMILES string of the molecule is C=S1(=Nc2cc(C)c3c(Nc4ccc(F)cc4O[C@@H]4COC[C@H]4O)ncnc3c2)CCC1. The Bertz CT molecular complexity index is 1300. The van der Waals surface area contributed by atoms with Gasteiger partial charge in [-0.05, 0) is 54.7 Å². The van der Waals surface area contributed by atoms with E-state index in [9.17, 15) is 9.50 Å². The highest BCUT2D eigenvalue weighted by molar-refractivity contribution is 8.03. The normalized spacial score (nSPS) is 21.8. The standard InChI is InChI=1S/C23H25FN4O3S/c1-14-8-16(28-32(2)6-3-7-32)10-18-22(14)23(26-13-25-18)27-17-5-4-15(24)9-20(17)31-21-12-30-11-19(21)29/h4-5,8-10,13,19,21,29H,2-3,6-7,11-12H2,1H3,(H,25,26,27)/t19-,21-/m1/s1. The van der Waals surface area contributed by atoms with Crippen LogP contribution in [0.25, 0.3) is 10.9 Å². The fraction of sp³-hybridized carbons (Fsp3) is 0.348. The molecular formula is C23H25FN4O3S. The number of hydrogen-bond donors (Lipinski definition) is 2. The van der Waals surface area contributed by atoms with E-state index in [0.717, 1.165) is 33.7 Å². The van der Waals surface area contributed by atoms with Gasteiger partial charge in [-0.1, -0.05) is 5.87 Å². The molecule has 3 heterocycles. The van der Waals surface area contributed by atoms with Crippen LogP contribution in [0.3, 0.4) is 0 Å². The average molecular weight is 457 g/mol. The van der Waals surface area contributed by atoms with E-state index in [1.54, 1.807) is 6.07 Å². The van der Waals surface area contributed by atoms with Crippen molar-refractivity contribution >= 4 is 43.4 Å². The van der Waals surface area contributed by atoms with Crippen LogP contribution in [-0.4, -0.2) is 57.9 Å². The highest BCUT2D eigenvalue weighted by Crippen LogP contribution is 2.35. The second kappa shape index (κ2) is 8.31. The van der Waals surface area contributed by atoms with Gasteiger partial charge in [0.1, 0.15) is 29.8 Å². The molecule has 2 saturated heterocycles. The topological polar surface area (TPSA) is 88.9 Å².